The van der Waals surface area contributed by atoms with Gasteiger partial charge in [0.05, 0.1) is 12.5 Å². The minimum atomic E-state index is -0.527. The lowest BCUT2D eigenvalue weighted by Crippen LogP contribution is -2.37. The summed E-state index contributed by atoms with van der Waals surface area (Å²) in [5.41, 5.74) is 0. The molecule has 6 heteroatoms. The molecule has 16 heavy (non-hydrogen) atoms. The van der Waals surface area contributed by atoms with Crippen molar-refractivity contribution >= 4 is 12.2 Å². The third-order valence-corrected chi connectivity index (χ3v) is 1.76. The lowest BCUT2D eigenvalue weighted by atomic mass is 10.5. The molecule has 0 aliphatic rings. The van der Waals surface area contributed by atoms with Gasteiger partial charge in [0.2, 0.25) is 0 Å². The quantitative estimate of drug-likeness (QED) is 0.667. The molecule has 0 saturated heterocycles. The third-order valence-electron chi connectivity index (χ3n) is 1.76. The Kier molecular flexibility index (Phi) is 6.42. The van der Waals surface area contributed by atoms with Crippen molar-refractivity contribution in [2.75, 3.05) is 27.2 Å². The van der Waals surface area contributed by atoms with Gasteiger partial charge < -0.3 is 19.3 Å². The number of likely N-dealkylation sites (N-methyl/N-ethyl adjacent to an activating group) is 2. The molecule has 0 aliphatic carbocycles. The fraction of sp³-hybridized carbons (Fsp3) is 0.400. The smallest absolute Gasteiger partial charge is 0.414 e. The molecule has 90 valence electrons. The summed E-state index contributed by atoms with van der Waals surface area (Å²) in [6.07, 6.45) is 1.05. The summed E-state index contributed by atoms with van der Waals surface area (Å²) < 4.78 is 9.09. The fourth-order valence-corrected chi connectivity index (χ4v) is 0.805. The second-order valence-electron chi connectivity index (χ2n) is 2.94. The molecule has 0 fully saturated rings. The van der Waals surface area contributed by atoms with Crippen LogP contribution in [-0.2, 0) is 9.47 Å². The Morgan fingerprint density at radius 3 is 1.56 bits per heavy atom. The van der Waals surface area contributed by atoms with E-state index < -0.39 is 12.2 Å². The highest BCUT2D eigenvalue weighted by Gasteiger charge is 2.12. The molecule has 0 heterocycles. The molecular weight excluding hydrogens is 212 g/mol. The lowest BCUT2D eigenvalue weighted by Gasteiger charge is -2.20. The van der Waals surface area contributed by atoms with E-state index >= 15 is 0 Å². The minimum Gasteiger partial charge on any atom is -0.419 e. The van der Waals surface area contributed by atoms with Crippen LogP contribution in [0.5, 0.6) is 0 Å². The van der Waals surface area contributed by atoms with Gasteiger partial charge in [-0.3, -0.25) is 0 Å². The first kappa shape index (κ1) is 14.0. The first-order valence-corrected chi connectivity index (χ1v) is 4.58. The maximum atomic E-state index is 11.1. The molecule has 0 bridgehead atoms. The summed E-state index contributed by atoms with van der Waals surface area (Å²) in [6, 6.07) is 0. The predicted molar refractivity (Wildman–Crippen MR) is 58.6 cm³/mol. The number of ether oxygens (including phenoxy) is 2. The molecule has 0 unspecified atom stereocenters. The first-order valence-electron chi connectivity index (χ1n) is 4.58. The number of amides is 2. The third kappa shape index (κ3) is 5.04. The van der Waals surface area contributed by atoms with Crippen LogP contribution >= 0.6 is 0 Å². The second-order valence-corrected chi connectivity index (χ2v) is 2.94. The molecule has 0 aromatic heterocycles. The van der Waals surface area contributed by atoms with Gasteiger partial charge in [0.25, 0.3) is 0 Å². The van der Waals surface area contributed by atoms with Crippen molar-refractivity contribution in [3.63, 3.8) is 0 Å². The van der Waals surface area contributed by atoms with Crippen molar-refractivity contribution in [2.24, 2.45) is 0 Å². The summed E-state index contributed by atoms with van der Waals surface area (Å²) in [4.78, 5) is 24.9. The zero-order chi connectivity index (χ0) is 12.6. The lowest BCUT2D eigenvalue weighted by molar-refractivity contribution is 0.130. The van der Waals surface area contributed by atoms with Gasteiger partial charge in [-0.25, -0.2) is 9.59 Å². The van der Waals surface area contributed by atoms with Crippen molar-refractivity contribution in [3.05, 3.63) is 25.7 Å². The summed E-state index contributed by atoms with van der Waals surface area (Å²) in [6.45, 7) is 7.19. The van der Waals surface area contributed by atoms with Crippen LogP contribution < -0.4 is 0 Å². The number of nitrogens with zero attached hydrogens (tertiary/aromatic N) is 2. The number of hydrogen-bond acceptors (Lipinski definition) is 4. The summed E-state index contributed by atoms with van der Waals surface area (Å²) in [5, 5.41) is 0. The molecule has 0 spiro atoms. The Balaban J connectivity index is 3.94. The van der Waals surface area contributed by atoms with Gasteiger partial charge in [-0.1, -0.05) is 13.2 Å². The standard InChI is InChI=1S/C10H16N2O4/c1-5-15-9(13)11(3)7-8-12(4)10(14)16-6-2/h5-6H,1-2,7-8H2,3-4H3. The van der Waals surface area contributed by atoms with Gasteiger partial charge in [0, 0.05) is 27.2 Å². The topological polar surface area (TPSA) is 59.1 Å². The first-order chi connectivity index (χ1) is 7.52. The number of carbonyl (C=O) groups excluding carboxylic acids is 2. The van der Waals surface area contributed by atoms with Crippen LogP contribution in [0, 0.1) is 0 Å². The summed E-state index contributed by atoms with van der Waals surface area (Å²) >= 11 is 0. The molecule has 0 N–H and O–H groups in total. The molecule has 0 rings (SSSR count). The van der Waals surface area contributed by atoms with Gasteiger partial charge >= 0.3 is 12.2 Å². The highest BCUT2D eigenvalue weighted by molar-refractivity contribution is 5.69. The number of rotatable bonds is 5. The van der Waals surface area contributed by atoms with E-state index in [-0.39, 0.29) is 0 Å². The van der Waals surface area contributed by atoms with Crippen LogP contribution in [0.2, 0.25) is 0 Å². The normalized spacial score (nSPS) is 8.88. The van der Waals surface area contributed by atoms with Crippen LogP contribution in [0.1, 0.15) is 0 Å². The van der Waals surface area contributed by atoms with E-state index in [1.807, 2.05) is 0 Å². The minimum absolute atomic E-state index is 0.329. The Morgan fingerprint density at radius 2 is 1.31 bits per heavy atom. The molecule has 0 aromatic rings. The largest absolute Gasteiger partial charge is 0.419 e. The van der Waals surface area contributed by atoms with Crippen LogP contribution in [0.4, 0.5) is 9.59 Å². The van der Waals surface area contributed by atoms with E-state index in [1.165, 1.54) is 9.80 Å². The van der Waals surface area contributed by atoms with Crippen molar-refractivity contribution in [2.45, 2.75) is 0 Å². The Hall–Kier alpha value is -1.98. The van der Waals surface area contributed by atoms with Crippen molar-refractivity contribution < 1.29 is 19.1 Å². The molecule has 0 radical (unpaired) electrons. The fourth-order valence-electron chi connectivity index (χ4n) is 0.805. The van der Waals surface area contributed by atoms with Crippen LogP contribution in [-0.4, -0.2) is 49.2 Å². The van der Waals surface area contributed by atoms with Gasteiger partial charge in [-0.15, -0.1) is 0 Å². The number of hydrogen-bond donors (Lipinski definition) is 0. The highest BCUT2D eigenvalue weighted by atomic mass is 16.6. The van der Waals surface area contributed by atoms with Crippen LogP contribution in [0.15, 0.2) is 25.7 Å². The van der Waals surface area contributed by atoms with Gasteiger partial charge in [0.1, 0.15) is 0 Å². The van der Waals surface area contributed by atoms with E-state index in [2.05, 4.69) is 22.6 Å². The van der Waals surface area contributed by atoms with E-state index in [1.54, 1.807) is 14.1 Å². The van der Waals surface area contributed by atoms with Crippen molar-refractivity contribution in [3.8, 4) is 0 Å². The maximum Gasteiger partial charge on any atom is 0.414 e. The van der Waals surface area contributed by atoms with Gasteiger partial charge in [-0.2, -0.15) is 0 Å². The number of carbonyl (C=O) groups is 2. The monoisotopic (exact) mass is 228 g/mol. The van der Waals surface area contributed by atoms with Gasteiger partial charge in [-0.05, 0) is 0 Å². The Morgan fingerprint density at radius 1 is 1.00 bits per heavy atom. The molecule has 2 amide bonds. The van der Waals surface area contributed by atoms with E-state index in [0.29, 0.717) is 13.1 Å². The van der Waals surface area contributed by atoms with Crippen LogP contribution in [0.3, 0.4) is 0 Å². The Labute approximate surface area is 94.7 Å². The van der Waals surface area contributed by atoms with E-state index in [9.17, 15) is 9.59 Å². The Bertz CT molecular complexity index is 250. The second kappa shape index (κ2) is 7.33. The van der Waals surface area contributed by atoms with Gasteiger partial charge in [0.15, 0.2) is 0 Å². The average molecular weight is 228 g/mol. The molecule has 0 aliphatic heterocycles. The molecule has 0 atom stereocenters. The molecule has 0 saturated carbocycles. The van der Waals surface area contributed by atoms with Crippen molar-refractivity contribution in [1.29, 1.82) is 0 Å². The molecule has 0 aromatic carbocycles. The van der Waals surface area contributed by atoms with Crippen molar-refractivity contribution in [1.82, 2.24) is 9.80 Å². The zero-order valence-corrected chi connectivity index (χ0v) is 9.51. The SMILES string of the molecule is C=COC(=O)N(C)CCN(C)C(=O)OC=C. The predicted octanol–water partition coefficient (Wildman–Crippen LogP) is 1.41. The molecule has 6 nitrogen and oxygen atoms in total. The average Bonchev–Trinajstić information content (AvgIpc) is 2.25. The molecular formula is C10H16N2O4. The summed E-state index contributed by atoms with van der Waals surface area (Å²) in [7, 11) is 3.11. The van der Waals surface area contributed by atoms with E-state index in [4.69, 9.17) is 0 Å². The maximum absolute atomic E-state index is 11.1. The summed E-state index contributed by atoms with van der Waals surface area (Å²) in [5.74, 6) is 0. The zero-order valence-electron chi connectivity index (χ0n) is 9.51. The van der Waals surface area contributed by atoms with Crippen LogP contribution in [0.25, 0.3) is 0 Å². The highest BCUT2D eigenvalue weighted by Crippen LogP contribution is 1.94. The van der Waals surface area contributed by atoms with E-state index in [0.717, 1.165) is 12.5 Å².